The molecule has 0 unspecified atom stereocenters. The Morgan fingerprint density at radius 1 is 0.950 bits per heavy atom. The van der Waals surface area contributed by atoms with Gasteiger partial charge in [0.1, 0.15) is 0 Å². The summed E-state index contributed by atoms with van der Waals surface area (Å²) in [5, 5.41) is 0.594. The zero-order valence-corrected chi connectivity index (χ0v) is 11.6. The summed E-state index contributed by atoms with van der Waals surface area (Å²) in [7, 11) is 0. The van der Waals surface area contributed by atoms with Crippen LogP contribution < -0.4 is 0 Å². The number of benzene rings is 2. The van der Waals surface area contributed by atoms with E-state index in [0.29, 0.717) is 21.7 Å². The van der Waals surface area contributed by atoms with Gasteiger partial charge < -0.3 is 0 Å². The smallest absolute Gasteiger partial charge is 0.193 e. The average Bonchev–Trinajstić information content (AvgIpc) is 2.49. The van der Waals surface area contributed by atoms with Crippen LogP contribution in [0.2, 0.25) is 5.02 Å². The quantitative estimate of drug-likeness (QED) is 0.671. The number of nitrogens with zero attached hydrogens (tertiary/aromatic N) is 2. The molecule has 0 aliphatic carbocycles. The van der Waals surface area contributed by atoms with Crippen molar-refractivity contribution >= 4 is 28.4 Å². The van der Waals surface area contributed by atoms with Crippen LogP contribution in [0.25, 0.3) is 11.0 Å². The molecule has 2 aromatic carbocycles. The number of aryl methyl sites for hydroxylation is 1. The van der Waals surface area contributed by atoms with Crippen LogP contribution in [0.1, 0.15) is 21.5 Å². The van der Waals surface area contributed by atoms with Gasteiger partial charge in [-0.3, -0.25) is 14.8 Å². The molecular formula is C16H11ClN2O. The minimum Gasteiger partial charge on any atom is -0.289 e. The van der Waals surface area contributed by atoms with E-state index in [1.807, 2.05) is 13.0 Å². The predicted molar refractivity (Wildman–Crippen MR) is 79.2 cm³/mol. The van der Waals surface area contributed by atoms with Crippen molar-refractivity contribution in [2.75, 3.05) is 0 Å². The fourth-order valence-electron chi connectivity index (χ4n) is 2.01. The first-order chi connectivity index (χ1) is 9.65. The zero-order chi connectivity index (χ0) is 14.1. The van der Waals surface area contributed by atoms with Crippen molar-refractivity contribution in [3.63, 3.8) is 0 Å². The van der Waals surface area contributed by atoms with Crippen molar-refractivity contribution in [1.29, 1.82) is 0 Å². The first-order valence-corrected chi connectivity index (χ1v) is 6.54. The molecule has 0 amide bonds. The van der Waals surface area contributed by atoms with Crippen molar-refractivity contribution < 1.29 is 4.79 Å². The second kappa shape index (κ2) is 5.02. The first-order valence-electron chi connectivity index (χ1n) is 6.17. The number of aromatic nitrogens is 2. The molecule has 3 rings (SSSR count). The Kier molecular flexibility index (Phi) is 3.20. The molecule has 1 heterocycles. The number of fused-ring (bicyclic) bond motifs is 1. The van der Waals surface area contributed by atoms with Crippen LogP contribution >= 0.6 is 11.6 Å². The summed E-state index contributed by atoms with van der Waals surface area (Å²) in [6, 6.07) is 10.6. The maximum Gasteiger partial charge on any atom is 0.193 e. The van der Waals surface area contributed by atoms with Gasteiger partial charge in [-0.2, -0.15) is 0 Å². The number of hydrogen-bond acceptors (Lipinski definition) is 3. The predicted octanol–water partition coefficient (Wildman–Crippen LogP) is 3.82. The van der Waals surface area contributed by atoms with Crippen LogP contribution in [0.4, 0.5) is 0 Å². The highest BCUT2D eigenvalue weighted by Crippen LogP contribution is 2.20. The van der Waals surface area contributed by atoms with Gasteiger partial charge in [-0.25, -0.2) is 0 Å². The minimum atomic E-state index is -0.0700. The van der Waals surface area contributed by atoms with E-state index >= 15 is 0 Å². The molecule has 3 nitrogen and oxygen atoms in total. The third-order valence-electron chi connectivity index (χ3n) is 3.17. The van der Waals surface area contributed by atoms with E-state index < -0.39 is 0 Å². The highest BCUT2D eigenvalue weighted by molar-refractivity contribution is 6.31. The molecule has 0 aliphatic rings. The molecule has 1 aromatic heterocycles. The third kappa shape index (κ3) is 2.28. The number of carbonyl (C=O) groups excluding carboxylic acids is 1. The van der Waals surface area contributed by atoms with Crippen molar-refractivity contribution in [1.82, 2.24) is 9.97 Å². The summed E-state index contributed by atoms with van der Waals surface area (Å²) in [4.78, 5) is 20.8. The third-order valence-corrected chi connectivity index (χ3v) is 3.57. The van der Waals surface area contributed by atoms with E-state index in [4.69, 9.17) is 11.6 Å². The molecule has 3 aromatic rings. The second-order valence-corrected chi connectivity index (χ2v) is 4.96. The van der Waals surface area contributed by atoms with Crippen LogP contribution in [0, 0.1) is 6.92 Å². The summed E-state index contributed by atoms with van der Waals surface area (Å²) in [6.07, 6.45) is 3.24. The van der Waals surface area contributed by atoms with Crippen LogP contribution in [-0.2, 0) is 0 Å². The monoisotopic (exact) mass is 282 g/mol. The largest absolute Gasteiger partial charge is 0.289 e. The van der Waals surface area contributed by atoms with Gasteiger partial charge in [0.15, 0.2) is 5.78 Å². The van der Waals surface area contributed by atoms with Gasteiger partial charge in [0.05, 0.1) is 11.0 Å². The molecule has 98 valence electrons. The number of hydrogen-bond donors (Lipinski definition) is 0. The van der Waals surface area contributed by atoms with E-state index in [1.54, 1.807) is 42.7 Å². The van der Waals surface area contributed by atoms with Gasteiger partial charge in [0, 0.05) is 28.5 Å². The van der Waals surface area contributed by atoms with E-state index in [9.17, 15) is 4.79 Å². The second-order valence-electron chi connectivity index (χ2n) is 4.55. The van der Waals surface area contributed by atoms with Gasteiger partial charge in [0.25, 0.3) is 0 Å². The lowest BCUT2D eigenvalue weighted by molar-refractivity contribution is 0.103. The number of carbonyl (C=O) groups is 1. The van der Waals surface area contributed by atoms with E-state index in [2.05, 4.69) is 9.97 Å². The maximum atomic E-state index is 12.4. The Bertz CT molecular complexity index is 814. The molecule has 0 atom stereocenters. The van der Waals surface area contributed by atoms with Gasteiger partial charge >= 0.3 is 0 Å². The average molecular weight is 283 g/mol. The number of ketones is 1. The molecule has 0 fully saturated rings. The summed E-state index contributed by atoms with van der Waals surface area (Å²) in [6.45, 7) is 1.90. The molecule has 0 saturated heterocycles. The Morgan fingerprint density at radius 2 is 1.60 bits per heavy atom. The first kappa shape index (κ1) is 12.8. The minimum absolute atomic E-state index is 0.0700. The zero-order valence-electron chi connectivity index (χ0n) is 10.8. The highest BCUT2D eigenvalue weighted by atomic mass is 35.5. The van der Waals surface area contributed by atoms with Gasteiger partial charge in [-0.05, 0) is 36.8 Å². The van der Waals surface area contributed by atoms with E-state index in [0.717, 1.165) is 11.1 Å². The van der Waals surface area contributed by atoms with Gasteiger partial charge in [0.2, 0.25) is 0 Å². The fourth-order valence-corrected chi connectivity index (χ4v) is 2.19. The van der Waals surface area contributed by atoms with Crippen molar-refractivity contribution in [3.8, 4) is 0 Å². The summed E-state index contributed by atoms with van der Waals surface area (Å²) in [5.74, 6) is -0.0700. The van der Waals surface area contributed by atoms with Crippen molar-refractivity contribution in [2.24, 2.45) is 0 Å². The van der Waals surface area contributed by atoms with Gasteiger partial charge in [-0.1, -0.05) is 23.7 Å². The molecule has 20 heavy (non-hydrogen) atoms. The molecule has 0 aliphatic heterocycles. The van der Waals surface area contributed by atoms with Crippen LogP contribution in [0.3, 0.4) is 0 Å². The molecule has 4 heteroatoms. The maximum absolute atomic E-state index is 12.4. The van der Waals surface area contributed by atoms with Crippen LogP contribution in [0.15, 0.2) is 48.8 Å². The lowest BCUT2D eigenvalue weighted by atomic mass is 10.0. The summed E-state index contributed by atoms with van der Waals surface area (Å²) >= 11 is 6.07. The Morgan fingerprint density at radius 3 is 2.35 bits per heavy atom. The fraction of sp³-hybridized carbons (Fsp3) is 0.0625. The van der Waals surface area contributed by atoms with Crippen LogP contribution in [-0.4, -0.2) is 15.8 Å². The topological polar surface area (TPSA) is 42.9 Å². The Hall–Kier alpha value is -2.26. The molecule has 0 N–H and O–H groups in total. The van der Waals surface area contributed by atoms with Crippen LogP contribution in [0.5, 0.6) is 0 Å². The normalized spacial score (nSPS) is 10.7. The molecule has 0 bridgehead atoms. The molecule has 0 spiro atoms. The molecular weight excluding hydrogens is 272 g/mol. The SMILES string of the molecule is Cc1ccc(C(=O)c2ccc3nccnc3c2)cc1Cl. The van der Waals surface area contributed by atoms with Gasteiger partial charge in [-0.15, -0.1) is 0 Å². The highest BCUT2D eigenvalue weighted by Gasteiger charge is 2.11. The number of halogens is 1. The molecule has 0 saturated carbocycles. The van der Waals surface area contributed by atoms with E-state index in [1.165, 1.54) is 0 Å². The Labute approximate surface area is 121 Å². The Balaban J connectivity index is 2.05. The molecule has 0 radical (unpaired) electrons. The van der Waals surface area contributed by atoms with Crippen molar-refractivity contribution in [2.45, 2.75) is 6.92 Å². The summed E-state index contributed by atoms with van der Waals surface area (Å²) < 4.78 is 0. The lowest BCUT2D eigenvalue weighted by Gasteiger charge is -2.04. The lowest BCUT2D eigenvalue weighted by Crippen LogP contribution is -2.02. The standard InChI is InChI=1S/C16H11ClN2O/c1-10-2-3-11(8-13(10)17)16(20)12-4-5-14-15(9-12)19-7-6-18-14/h2-9H,1H3. The number of rotatable bonds is 2. The summed E-state index contributed by atoms with van der Waals surface area (Å²) in [5.41, 5.74) is 3.58. The van der Waals surface area contributed by atoms with E-state index in [-0.39, 0.29) is 5.78 Å². The van der Waals surface area contributed by atoms with Crippen molar-refractivity contribution in [3.05, 3.63) is 70.5 Å².